The molecule has 0 spiro atoms. The third-order valence-corrected chi connectivity index (χ3v) is 3.69. The number of benzene rings is 1. The molecule has 19 heavy (non-hydrogen) atoms. The van der Waals surface area contributed by atoms with Crippen molar-refractivity contribution >= 4 is 5.91 Å². The van der Waals surface area contributed by atoms with Crippen molar-refractivity contribution < 1.29 is 4.79 Å². The van der Waals surface area contributed by atoms with Crippen molar-refractivity contribution in [2.45, 2.75) is 38.6 Å². The molecule has 0 unspecified atom stereocenters. The fourth-order valence-corrected chi connectivity index (χ4v) is 2.50. The lowest BCUT2D eigenvalue weighted by atomic mass is 10.2. The minimum absolute atomic E-state index is 0.160. The molecule has 0 aromatic heterocycles. The number of rotatable bonds is 5. The summed E-state index contributed by atoms with van der Waals surface area (Å²) in [7, 11) is 0. The maximum absolute atomic E-state index is 11.8. The van der Waals surface area contributed by atoms with Crippen LogP contribution in [0.2, 0.25) is 0 Å². The van der Waals surface area contributed by atoms with E-state index in [-0.39, 0.29) is 5.91 Å². The predicted octanol–water partition coefficient (Wildman–Crippen LogP) is 2.57. The molecule has 1 amide bonds. The van der Waals surface area contributed by atoms with Crippen LogP contribution in [0.25, 0.3) is 0 Å². The number of hydrogen-bond donors (Lipinski definition) is 1. The van der Waals surface area contributed by atoms with Gasteiger partial charge in [0.2, 0.25) is 5.91 Å². The van der Waals surface area contributed by atoms with Crippen molar-refractivity contribution in [3.63, 3.8) is 0 Å². The van der Waals surface area contributed by atoms with Gasteiger partial charge in [-0.15, -0.1) is 0 Å². The lowest BCUT2D eigenvalue weighted by Crippen LogP contribution is -2.31. The molecule has 0 aliphatic carbocycles. The summed E-state index contributed by atoms with van der Waals surface area (Å²) in [5.41, 5.74) is 1.16. The number of nitrogens with one attached hydrogen (secondary N) is 1. The Morgan fingerprint density at radius 3 is 2.42 bits per heavy atom. The standard InChI is InChI=1S/C16H24N2O/c19-16(17-14-15-8-4-3-5-9-15)10-13-18-11-6-1-2-7-12-18/h3-5,8-9H,1-2,6-7,10-14H2,(H,17,19). The molecule has 1 N–H and O–H groups in total. The second-order valence-corrected chi connectivity index (χ2v) is 5.27. The molecule has 0 radical (unpaired) electrons. The van der Waals surface area contributed by atoms with E-state index in [2.05, 4.69) is 10.2 Å². The van der Waals surface area contributed by atoms with E-state index in [9.17, 15) is 4.79 Å². The highest BCUT2D eigenvalue weighted by molar-refractivity contribution is 5.76. The third kappa shape index (κ3) is 5.43. The van der Waals surface area contributed by atoms with Crippen LogP contribution < -0.4 is 5.32 Å². The minimum atomic E-state index is 0.160. The fourth-order valence-electron chi connectivity index (χ4n) is 2.50. The van der Waals surface area contributed by atoms with Gasteiger partial charge in [0.15, 0.2) is 0 Å². The van der Waals surface area contributed by atoms with Gasteiger partial charge in [0.1, 0.15) is 0 Å². The Labute approximate surface area is 116 Å². The SMILES string of the molecule is O=C(CCN1CCCCCC1)NCc1ccccc1. The molecule has 1 aromatic carbocycles. The van der Waals surface area contributed by atoms with Gasteiger partial charge in [-0.2, -0.15) is 0 Å². The molecule has 1 aromatic rings. The van der Waals surface area contributed by atoms with Crippen molar-refractivity contribution in [3.05, 3.63) is 35.9 Å². The summed E-state index contributed by atoms with van der Waals surface area (Å²) in [4.78, 5) is 14.2. The number of likely N-dealkylation sites (tertiary alicyclic amines) is 1. The van der Waals surface area contributed by atoms with E-state index in [0.717, 1.165) is 25.2 Å². The number of carbonyl (C=O) groups is 1. The van der Waals surface area contributed by atoms with Crippen LogP contribution >= 0.6 is 0 Å². The smallest absolute Gasteiger partial charge is 0.221 e. The van der Waals surface area contributed by atoms with Crippen LogP contribution in [0, 0.1) is 0 Å². The summed E-state index contributed by atoms with van der Waals surface area (Å²) < 4.78 is 0. The molecule has 1 aliphatic heterocycles. The molecular weight excluding hydrogens is 236 g/mol. The number of amides is 1. The van der Waals surface area contributed by atoms with E-state index in [4.69, 9.17) is 0 Å². The van der Waals surface area contributed by atoms with Crippen LogP contribution in [0.15, 0.2) is 30.3 Å². The van der Waals surface area contributed by atoms with Crippen LogP contribution in [0.5, 0.6) is 0 Å². The summed E-state index contributed by atoms with van der Waals surface area (Å²) in [6, 6.07) is 10.1. The normalized spacial score (nSPS) is 16.8. The molecule has 0 saturated carbocycles. The molecule has 0 bridgehead atoms. The zero-order valence-electron chi connectivity index (χ0n) is 11.6. The lowest BCUT2D eigenvalue weighted by Gasteiger charge is -2.19. The third-order valence-electron chi connectivity index (χ3n) is 3.69. The van der Waals surface area contributed by atoms with Crippen LogP contribution in [0.3, 0.4) is 0 Å². The Kier molecular flexibility index (Phi) is 5.89. The van der Waals surface area contributed by atoms with E-state index < -0.39 is 0 Å². The van der Waals surface area contributed by atoms with Crippen molar-refractivity contribution in [1.29, 1.82) is 0 Å². The first-order valence-electron chi connectivity index (χ1n) is 7.37. The predicted molar refractivity (Wildman–Crippen MR) is 77.8 cm³/mol. The summed E-state index contributed by atoms with van der Waals surface area (Å²) >= 11 is 0. The summed E-state index contributed by atoms with van der Waals surface area (Å²) in [5, 5.41) is 2.99. The number of carbonyl (C=O) groups excluding carboxylic acids is 1. The first-order valence-corrected chi connectivity index (χ1v) is 7.37. The Morgan fingerprint density at radius 2 is 1.74 bits per heavy atom. The Bertz CT molecular complexity index is 370. The average Bonchev–Trinajstić information content (AvgIpc) is 2.73. The maximum Gasteiger partial charge on any atom is 0.221 e. The minimum Gasteiger partial charge on any atom is -0.352 e. The van der Waals surface area contributed by atoms with Crippen molar-refractivity contribution in [2.75, 3.05) is 19.6 Å². The molecule has 1 saturated heterocycles. The molecule has 3 nitrogen and oxygen atoms in total. The zero-order chi connectivity index (χ0) is 13.3. The summed E-state index contributed by atoms with van der Waals surface area (Å²) in [6.45, 7) is 3.86. The van der Waals surface area contributed by atoms with E-state index in [1.807, 2.05) is 30.3 Å². The Hall–Kier alpha value is -1.35. The van der Waals surface area contributed by atoms with Gasteiger partial charge in [0.05, 0.1) is 0 Å². The van der Waals surface area contributed by atoms with Crippen molar-refractivity contribution in [3.8, 4) is 0 Å². The van der Waals surface area contributed by atoms with E-state index in [1.54, 1.807) is 0 Å². The van der Waals surface area contributed by atoms with Crippen LogP contribution in [0.1, 0.15) is 37.7 Å². The highest BCUT2D eigenvalue weighted by Gasteiger charge is 2.10. The van der Waals surface area contributed by atoms with Gasteiger partial charge in [0, 0.05) is 19.5 Å². The molecule has 1 aliphatic rings. The first kappa shape index (κ1) is 14.1. The van der Waals surface area contributed by atoms with Crippen LogP contribution in [-0.2, 0) is 11.3 Å². The van der Waals surface area contributed by atoms with Crippen LogP contribution in [-0.4, -0.2) is 30.4 Å². The highest BCUT2D eigenvalue weighted by Crippen LogP contribution is 2.09. The molecule has 1 heterocycles. The lowest BCUT2D eigenvalue weighted by molar-refractivity contribution is -0.121. The van der Waals surface area contributed by atoms with E-state index in [1.165, 1.54) is 25.7 Å². The largest absolute Gasteiger partial charge is 0.352 e. The highest BCUT2D eigenvalue weighted by atomic mass is 16.1. The Balaban J connectivity index is 1.64. The van der Waals surface area contributed by atoms with Crippen molar-refractivity contribution in [1.82, 2.24) is 10.2 Å². The van der Waals surface area contributed by atoms with Gasteiger partial charge in [-0.1, -0.05) is 43.2 Å². The van der Waals surface area contributed by atoms with Crippen molar-refractivity contribution in [2.24, 2.45) is 0 Å². The second-order valence-electron chi connectivity index (χ2n) is 5.27. The first-order chi connectivity index (χ1) is 9.34. The summed E-state index contributed by atoms with van der Waals surface area (Å²) in [6.07, 6.45) is 5.87. The van der Waals surface area contributed by atoms with E-state index >= 15 is 0 Å². The molecule has 2 rings (SSSR count). The number of hydrogen-bond acceptors (Lipinski definition) is 2. The molecule has 104 valence electrons. The average molecular weight is 260 g/mol. The van der Waals surface area contributed by atoms with Gasteiger partial charge < -0.3 is 10.2 Å². The maximum atomic E-state index is 11.8. The van der Waals surface area contributed by atoms with Gasteiger partial charge in [0.25, 0.3) is 0 Å². The van der Waals surface area contributed by atoms with Gasteiger partial charge in [-0.25, -0.2) is 0 Å². The second kappa shape index (κ2) is 7.95. The molecular formula is C16H24N2O. The molecule has 3 heteroatoms. The van der Waals surface area contributed by atoms with Gasteiger partial charge in [-0.3, -0.25) is 4.79 Å². The molecule has 0 atom stereocenters. The molecule has 1 fully saturated rings. The Morgan fingerprint density at radius 1 is 1.05 bits per heavy atom. The monoisotopic (exact) mass is 260 g/mol. The zero-order valence-corrected chi connectivity index (χ0v) is 11.6. The van der Waals surface area contributed by atoms with Gasteiger partial charge >= 0.3 is 0 Å². The fraction of sp³-hybridized carbons (Fsp3) is 0.562. The van der Waals surface area contributed by atoms with Crippen LogP contribution in [0.4, 0.5) is 0 Å². The number of nitrogens with zero attached hydrogens (tertiary/aromatic N) is 1. The van der Waals surface area contributed by atoms with Gasteiger partial charge in [-0.05, 0) is 31.5 Å². The summed E-state index contributed by atoms with van der Waals surface area (Å²) in [5.74, 6) is 0.160. The quantitative estimate of drug-likeness (QED) is 0.882. The topological polar surface area (TPSA) is 32.3 Å². The van der Waals surface area contributed by atoms with E-state index in [0.29, 0.717) is 13.0 Å².